The first-order valence-electron chi connectivity index (χ1n) is 3.14. The van der Waals surface area contributed by atoms with Gasteiger partial charge in [0.25, 0.3) is 0 Å². The Labute approximate surface area is 59.9 Å². The second-order valence-corrected chi connectivity index (χ2v) is 1.99. The second kappa shape index (κ2) is 3.07. The van der Waals surface area contributed by atoms with Gasteiger partial charge in [0.1, 0.15) is 0 Å². The van der Waals surface area contributed by atoms with Gasteiger partial charge >= 0.3 is 5.97 Å². The highest BCUT2D eigenvalue weighted by atomic mass is 16.5. The number of rotatable bonds is 2. The molecule has 2 heteroatoms. The number of ether oxygens (including phenoxy) is 1. The summed E-state index contributed by atoms with van der Waals surface area (Å²) in [4.78, 5) is 10.6. The highest BCUT2D eigenvalue weighted by Crippen LogP contribution is 2.06. The van der Waals surface area contributed by atoms with Crippen LogP contribution in [0.15, 0.2) is 12.7 Å². The highest BCUT2D eigenvalue weighted by molar-refractivity contribution is 5.81. The lowest BCUT2D eigenvalue weighted by molar-refractivity contribution is -0.140. The van der Waals surface area contributed by atoms with Crippen LogP contribution in [0.1, 0.15) is 12.8 Å². The van der Waals surface area contributed by atoms with Crippen molar-refractivity contribution < 1.29 is 9.53 Å². The Kier molecular flexibility index (Phi) is 2.11. The van der Waals surface area contributed by atoms with Crippen LogP contribution < -0.4 is 0 Å². The number of hydrogen-bond acceptors (Lipinski definition) is 2. The van der Waals surface area contributed by atoms with Gasteiger partial charge in [-0.1, -0.05) is 18.4 Å². The first-order chi connectivity index (χ1) is 4.83. The van der Waals surface area contributed by atoms with E-state index in [1.807, 2.05) is 0 Å². The van der Waals surface area contributed by atoms with Crippen LogP contribution in [0.3, 0.4) is 0 Å². The van der Waals surface area contributed by atoms with E-state index < -0.39 is 0 Å². The number of esters is 1. The molecule has 1 aliphatic carbocycles. The zero-order valence-corrected chi connectivity index (χ0v) is 5.59. The van der Waals surface area contributed by atoms with Crippen LogP contribution in [0.2, 0.25) is 0 Å². The van der Waals surface area contributed by atoms with Crippen LogP contribution in [0.5, 0.6) is 0 Å². The fraction of sp³-hybridized carbons (Fsp3) is 0.375. The Morgan fingerprint density at radius 3 is 3.10 bits per heavy atom. The summed E-state index contributed by atoms with van der Waals surface area (Å²) in [6.45, 7) is 3.28. The number of carbonyl (C=O) groups is 1. The van der Waals surface area contributed by atoms with Crippen molar-refractivity contribution >= 4 is 5.97 Å². The topological polar surface area (TPSA) is 26.3 Å². The van der Waals surface area contributed by atoms with E-state index >= 15 is 0 Å². The molecule has 1 atom stereocenters. The highest BCUT2D eigenvalue weighted by Gasteiger charge is 2.11. The summed E-state index contributed by atoms with van der Waals surface area (Å²) in [5.74, 6) is 5.23. The molecule has 0 saturated carbocycles. The third kappa shape index (κ3) is 1.63. The summed E-state index contributed by atoms with van der Waals surface area (Å²) in [5.41, 5.74) is 0. The quantitative estimate of drug-likeness (QED) is 0.320. The van der Waals surface area contributed by atoms with Crippen molar-refractivity contribution in [1.82, 2.24) is 0 Å². The first-order valence-corrected chi connectivity index (χ1v) is 3.14. The molecule has 0 bridgehead atoms. The van der Waals surface area contributed by atoms with Gasteiger partial charge in [-0.05, 0) is 0 Å². The normalized spacial score (nSPS) is 21.0. The van der Waals surface area contributed by atoms with Crippen molar-refractivity contribution in [2.24, 2.45) is 0 Å². The Morgan fingerprint density at radius 2 is 2.60 bits per heavy atom. The average Bonchev–Trinajstić information content (AvgIpc) is 2.40. The summed E-state index contributed by atoms with van der Waals surface area (Å²) in [6, 6.07) is 0. The predicted molar refractivity (Wildman–Crippen MR) is 37.1 cm³/mol. The van der Waals surface area contributed by atoms with Gasteiger partial charge in [-0.25, -0.2) is 4.79 Å². The number of carbonyl (C=O) groups excluding carboxylic acids is 1. The molecule has 0 amide bonds. The van der Waals surface area contributed by atoms with Crippen LogP contribution in [0.25, 0.3) is 0 Å². The zero-order chi connectivity index (χ0) is 7.40. The molecule has 0 aromatic rings. The van der Waals surface area contributed by atoms with E-state index in [0.717, 1.165) is 18.9 Å². The fourth-order valence-electron chi connectivity index (χ4n) is 0.738. The fourth-order valence-corrected chi connectivity index (χ4v) is 0.738. The summed E-state index contributed by atoms with van der Waals surface area (Å²) >= 11 is 0. The molecule has 0 fully saturated rings. The third-order valence-corrected chi connectivity index (χ3v) is 1.22. The van der Waals surface area contributed by atoms with E-state index in [9.17, 15) is 4.79 Å². The predicted octanol–water partition coefficient (Wildman–Crippen LogP) is 0.881. The van der Waals surface area contributed by atoms with Crippen molar-refractivity contribution in [2.45, 2.75) is 18.9 Å². The van der Waals surface area contributed by atoms with Crippen molar-refractivity contribution in [3.05, 3.63) is 12.7 Å². The number of hydrogen-bond donors (Lipinski definition) is 0. The van der Waals surface area contributed by atoms with E-state index in [-0.39, 0.29) is 12.1 Å². The minimum absolute atomic E-state index is 0.189. The van der Waals surface area contributed by atoms with Crippen molar-refractivity contribution in [3.8, 4) is 11.8 Å². The lowest BCUT2D eigenvalue weighted by Gasteiger charge is -2.04. The first kappa shape index (κ1) is 6.88. The lowest BCUT2D eigenvalue weighted by Crippen LogP contribution is -2.11. The minimum Gasteiger partial charge on any atom is -0.446 e. The van der Waals surface area contributed by atoms with E-state index in [2.05, 4.69) is 18.4 Å². The van der Waals surface area contributed by atoms with Crippen molar-refractivity contribution in [2.75, 3.05) is 0 Å². The molecule has 0 N–H and O–H groups in total. The van der Waals surface area contributed by atoms with Gasteiger partial charge in [0, 0.05) is 18.9 Å². The summed E-state index contributed by atoms with van der Waals surface area (Å²) in [7, 11) is 0. The molecule has 0 aromatic heterocycles. The Morgan fingerprint density at radius 1 is 1.80 bits per heavy atom. The van der Waals surface area contributed by atoms with Crippen LogP contribution in [0, 0.1) is 11.8 Å². The molecule has 0 saturated heterocycles. The van der Waals surface area contributed by atoms with Gasteiger partial charge in [0.2, 0.25) is 0 Å². The molecule has 1 unspecified atom stereocenters. The summed E-state index contributed by atoms with van der Waals surface area (Å²) in [6.07, 6.45) is 2.60. The van der Waals surface area contributed by atoms with Crippen LogP contribution in [-0.4, -0.2) is 12.1 Å². The van der Waals surface area contributed by atoms with Crippen molar-refractivity contribution in [3.63, 3.8) is 0 Å². The average molecular weight is 136 g/mol. The van der Waals surface area contributed by atoms with E-state index in [0.29, 0.717) is 0 Å². The molecule has 2 nitrogen and oxygen atoms in total. The molecule has 0 heterocycles. The smallest absolute Gasteiger partial charge is 0.331 e. The molecule has 0 radical (unpaired) electrons. The summed E-state index contributed by atoms with van der Waals surface area (Å²) < 4.78 is 4.83. The molecule has 0 aliphatic heterocycles. The van der Waals surface area contributed by atoms with E-state index in [1.165, 1.54) is 0 Å². The van der Waals surface area contributed by atoms with Crippen LogP contribution >= 0.6 is 0 Å². The standard InChI is InChI=1S/C8H8O2/c1-2-8(9)10-7-5-3-4-6-7/h2,7H,1,3,5H2. The second-order valence-electron chi connectivity index (χ2n) is 1.99. The summed E-state index contributed by atoms with van der Waals surface area (Å²) in [5, 5.41) is 0. The largest absolute Gasteiger partial charge is 0.446 e. The van der Waals surface area contributed by atoms with Gasteiger partial charge in [-0.3, -0.25) is 0 Å². The molecule has 0 aromatic carbocycles. The van der Waals surface area contributed by atoms with Gasteiger partial charge in [0.05, 0.1) is 0 Å². The molecule has 0 spiro atoms. The van der Waals surface area contributed by atoms with Crippen LogP contribution in [-0.2, 0) is 9.53 Å². The third-order valence-electron chi connectivity index (χ3n) is 1.22. The lowest BCUT2D eigenvalue weighted by atomic mass is 10.3. The zero-order valence-electron chi connectivity index (χ0n) is 5.59. The van der Waals surface area contributed by atoms with Gasteiger partial charge < -0.3 is 4.74 Å². The molecule has 10 heavy (non-hydrogen) atoms. The Bertz CT molecular complexity index is 207. The monoisotopic (exact) mass is 136 g/mol. The maximum absolute atomic E-state index is 10.6. The minimum atomic E-state index is -0.388. The van der Waals surface area contributed by atoms with Gasteiger partial charge in [0.15, 0.2) is 6.10 Å². The maximum Gasteiger partial charge on any atom is 0.331 e. The molecule has 52 valence electrons. The van der Waals surface area contributed by atoms with Crippen molar-refractivity contribution in [1.29, 1.82) is 0 Å². The maximum atomic E-state index is 10.6. The van der Waals surface area contributed by atoms with Gasteiger partial charge in [-0.2, -0.15) is 0 Å². The Hall–Kier alpha value is -1.23. The van der Waals surface area contributed by atoms with E-state index in [1.54, 1.807) is 0 Å². The Balaban J connectivity index is 2.33. The van der Waals surface area contributed by atoms with E-state index in [4.69, 9.17) is 4.74 Å². The van der Waals surface area contributed by atoms with Crippen LogP contribution in [0.4, 0.5) is 0 Å². The molecular formula is C8H8O2. The SMILES string of the molecule is C=CC(=O)OC1C#CCC1. The molecule has 1 aliphatic rings. The van der Waals surface area contributed by atoms with Gasteiger partial charge in [-0.15, -0.1) is 0 Å². The molecule has 1 rings (SSSR count). The molecular weight excluding hydrogens is 128 g/mol.